The van der Waals surface area contributed by atoms with Crippen molar-refractivity contribution in [2.45, 2.75) is 27.0 Å². The fourth-order valence-electron chi connectivity index (χ4n) is 5.32. The smallest absolute Gasteiger partial charge is 0.273 e. The number of ketones is 1. The molecule has 1 heterocycles. The fourth-order valence-corrected chi connectivity index (χ4v) is 8.50. The third-order valence-corrected chi connectivity index (χ3v) is 12.0. The van der Waals surface area contributed by atoms with Crippen LogP contribution in [0.15, 0.2) is 58.6 Å². The normalized spacial score (nSPS) is 29.6. The van der Waals surface area contributed by atoms with E-state index < -0.39 is 55.5 Å². The van der Waals surface area contributed by atoms with Crippen molar-refractivity contribution in [3.63, 3.8) is 0 Å². The third kappa shape index (κ3) is 3.76. The Bertz CT molecular complexity index is 1430. The molecule has 204 valence electrons. The number of hydrazine groups is 1. The van der Waals surface area contributed by atoms with Gasteiger partial charge >= 0.3 is 0 Å². The van der Waals surface area contributed by atoms with Crippen LogP contribution in [-0.4, -0.2) is 53.6 Å². The Morgan fingerprint density at radius 1 is 0.744 bits per heavy atom. The average molecular weight is 690 g/mol. The predicted molar refractivity (Wildman–Crippen MR) is 152 cm³/mol. The maximum Gasteiger partial charge on any atom is 0.273 e. The second-order valence-electron chi connectivity index (χ2n) is 9.27. The number of halogens is 8. The molecule has 3 amide bonds. The molecule has 0 aromatic heterocycles. The molecule has 1 saturated carbocycles. The lowest BCUT2D eigenvalue weighted by Gasteiger charge is -2.38. The number of Topliss-reactive ketones (excluding diaryl/α,β-unsaturated/α-hetero) is 1. The van der Waals surface area contributed by atoms with Crippen LogP contribution < -0.4 is 0 Å². The van der Waals surface area contributed by atoms with Crippen LogP contribution in [0.5, 0.6) is 0 Å². The van der Waals surface area contributed by atoms with Gasteiger partial charge in [-0.3, -0.25) is 19.2 Å². The lowest BCUT2D eigenvalue weighted by atomic mass is 9.84. The van der Waals surface area contributed by atoms with Crippen molar-refractivity contribution >= 4 is 116 Å². The standard InChI is InChI=1S/C25H14Cl8N2O4/c1-10(17(36)11-2-6-13(26)7-3-11)34(20(37)12-4-8-14(27)9-5-12)35-21(38)15-16(22(35)39)24(31)19(29)18(28)23(15,30)25(24,32)33/h2-10,15-16H,1H3/t10-,15+,16+,23-,24-/m1/s1. The number of fused-ring (bicyclic) bond motifs is 5. The monoisotopic (exact) mass is 686 g/mol. The molecule has 39 heavy (non-hydrogen) atoms. The molecule has 0 radical (unpaired) electrons. The first kappa shape index (κ1) is 29.3. The van der Waals surface area contributed by atoms with Crippen LogP contribution in [0.1, 0.15) is 27.6 Å². The number of nitrogens with zero attached hydrogens (tertiary/aromatic N) is 2. The van der Waals surface area contributed by atoms with Crippen LogP contribution >= 0.6 is 92.8 Å². The van der Waals surface area contributed by atoms with Crippen molar-refractivity contribution in [1.29, 1.82) is 0 Å². The number of amides is 3. The molecule has 2 bridgehead atoms. The molecule has 1 saturated heterocycles. The van der Waals surface area contributed by atoms with E-state index in [9.17, 15) is 19.2 Å². The second kappa shape index (κ2) is 9.67. The lowest BCUT2D eigenvalue weighted by molar-refractivity contribution is -0.157. The summed E-state index contributed by atoms with van der Waals surface area (Å²) in [4.78, 5) is 51.2. The van der Waals surface area contributed by atoms with Crippen molar-refractivity contribution in [1.82, 2.24) is 10.0 Å². The molecule has 0 unspecified atom stereocenters. The van der Waals surface area contributed by atoms with E-state index >= 15 is 0 Å². The van der Waals surface area contributed by atoms with Crippen LogP contribution in [-0.2, 0) is 9.59 Å². The van der Waals surface area contributed by atoms with E-state index in [0.29, 0.717) is 15.1 Å². The van der Waals surface area contributed by atoms with Gasteiger partial charge in [0.05, 0.1) is 21.9 Å². The molecular formula is C25H14Cl8N2O4. The molecule has 6 nitrogen and oxygen atoms in total. The molecule has 0 spiro atoms. The molecule has 0 N–H and O–H groups in total. The van der Waals surface area contributed by atoms with E-state index in [-0.39, 0.29) is 21.2 Å². The van der Waals surface area contributed by atoms with Gasteiger partial charge in [-0.2, -0.15) is 5.01 Å². The Morgan fingerprint density at radius 3 is 1.54 bits per heavy atom. The van der Waals surface area contributed by atoms with Crippen LogP contribution in [0.3, 0.4) is 0 Å². The first-order valence-electron chi connectivity index (χ1n) is 11.2. The van der Waals surface area contributed by atoms with Crippen LogP contribution in [0.2, 0.25) is 10.0 Å². The highest BCUT2D eigenvalue weighted by Crippen LogP contribution is 2.77. The highest BCUT2D eigenvalue weighted by atomic mass is 35.5. The summed E-state index contributed by atoms with van der Waals surface area (Å²) in [6.07, 6.45) is 0. The van der Waals surface area contributed by atoms with Crippen molar-refractivity contribution in [2.24, 2.45) is 11.8 Å². The minimum atomic E-state index is -2.15. The number of benzene rings is 2. The summed E-state index contributed by atoms with van der Waals surface area (Å²) < 4.78 is -2.15. The zero-order chi connectivity index (χ0) is 28.8. The van der Waals surface area contributed by atoms with Gasteiger partial charge < -0.3 is 0 Å². The molecule has 2 aromatic rings. The number of alkyl halides is 4. The van der Waals surface area contributed by atoms with E-state index in [4.69, 9.17) is 92.8 Å². The maximum atomic E-state index is 14.0. The molecule has 3 aliphatic rings. The van der Waals surface area contributed by atoms with Gasteiger partial charge in [0.15, 0.2) is 10.1 Å². The number of rotatable bonds is 5. The summed E-state index contributed by atoms with van der Waals surface area (Å²) in [7, 11) is 0. The fraction of sp³-hybridized carbons (Fsp3) is 0.280. The van der Waals surface area contributed by atoms with Crippen molar-refractivity contribution in [3.8, 4) is 0 Å². The molecule has 1 aliphatic heterocycles. The van der Waals surface area contributed by atoms with E-state index in [1.807, 2.05) is 0 Å². The average Bonchev–Trinajstić information content (AvgIpc) is 3.28. The molecule has 2 fully saturated rings. The molecule has 2 aliphatic carbocycles. The largest absolute Gasteiger partial charge is 0.292 e. The highest BCUT2D eigenvalue weighted by molar-refractivity contribution is 6.66. The SMILES string of the molecule is C[C@H](C(=O)c1ccc(Cl)cc1)N(C(=O)c1ccc(Cl)cc1)N1C(=O)[C@@H]2[C@@H](C1=O)[C@@]1(Cl)C(Cl)=C(Cl)[C@@]2(Cl)C1(Cl)Cl. The Balaban J connectivity index is 1.63. The Kier molecular flexibility index (Phi) is 7.26. The van der Waals surface area contributed by atoms with Crippen molar-refractivity contribution in [2.75, 3.05) is 0 Å². The zero-order valence-electron chi connectivity index (χ0n) is 19.4. The maximum absolute atomic E-state index is 14.0. The van der Waals surface area contributed by atoms with E-state index in [2.05, 4.69) is 0 Å². The highest BCUT2D eigenvalue weighted by Gasteiger charge is 2.88. The van der Waals surface area contributed by atoms with Crippen LogP contribution in [0, 0.1) is 11.8 Å². The Labute approximate surface area is 262 Å². The Morgan fingerprint density at radius 2 is 1.13 bits per heavy atom. The topological polar surface area (TPSA) is 74.8 Å². The van der Waals surface area contributed by atoms with E-state index in [0.717, 1.165) is 5.01 Å². The lowest BCUT2D eigenvalue weighted by Crippen LogP contribution is -2.59. The number of allylic oxidation sites excluding steroid dienone is 2. The van der Waals surface area contributed by atoms with Crippen molar-refractivity contribution < 1.29 is 19.2 Å². The number of carbonyl (C=O) groups excluding carboxylic acids is 4. The molecule has 5 atom stereocenters. The van der Waals surface area contributed by atoms with Gasteiger partial charge in [-0.25, -0.2) is 5.01 Å². The van der Waals surface area contributed by atoms with Gasteiger partial charge in [0.2, 0.25) is 0 Å². The number of imide groups is 1. The summed E-state index contributed by atoms with van der Waals surface area (Å²) in [5, 5.41) is 1.48. The summed E-state index contributed by atoms with van der Waals surface area (Å²) in [5.41, 5.74) is 0.214. The molecule has 5 rings (SSSR count). The number of hydrogen-bond donors (Lipinski definition) is 0. The van der Waals surface area contributed by atoms with E-state index in [1.165, 1.54) is 55.5 Å². The van der Waals surface area contributed by atoms with Gasteiger partial charge in [0.1, 0.15) is 15.8 Å². The summed E-state index contributed by atoms with van der Waals surface area (Å²) in [6.45, 7) is 1.37. The molecule has 2 aromatic carbocycles. The van der Waals surface area contributed by atoms with Crippen molar-refractivity contribution in [3.05, 3.63) is 79.8 Å². The van der Waals surface area contributed by atoms with Gasteiger partial charge in [0.25, 0.3) is 17.7 Å². The molecule has 14 heteroatoms. The van der Waals surface area contributed by atoms with Gasteiger partial charge in [-0.15, -0.1) is 23.2 Å². The van der Waals surface area contributed by atoms with E-state index in [1.54, 1.807) is 0 Å². The second-order valence-corrected chi connectivity index (χ2v) is 13.4. The summed E-state index contributed by atoms with van der Waals surface area (Å²) in [5.74, 6) is -6.38. The van der Waals surface area contributed by atoms with Gasteiger partial charge in [0, 0.05) is 21.2 Å². The summed E-state index contributed by atoms with van der Waals surface area (Å²) in [6, 6.07) is 10.2. The minimum absolute atomic E-state index is 0.0372. The number of carbonyl (C=O) groups is 4. The third-order valence-electron chi connectivity index (χ3n) is 7.28. The quantitative estimate of drug-likeness (QED) is 0.191. The van der Waals surface area contributed by atoms with Gasteiger partial charge in [-0.1, -0.05) is 69.6 Å². The minimum Gasteiger partial charge on any atom is -0.292 e. The summed E-state index contributed by atoms with van der Waals surface area (Å²) >= 11 is 51.4. The molecular weight excluding hydrogens is 676 g/mol. The number of hydrogen-bond acceptors (Lipinski definition) is 4. The Hall–Kier alpha value is -1.22. The predicted octanol–water partition coefficient (Wildman–Crippen LogP) is 7.07. The van der Waals surface area contributed by atoms with Crippen LogP contribution in [0.4, 0.5) is 0 Å². The first-order valence-corrected chi connectivity index (χ1v) is 14.2. The first-order chi connectivity index (χ1) is 18.1. The van der Waals surface area contributed by atoms with Crippen LogP contribution in [0.25, 0.3) is 0 Å². The van der Waals surface area contributed by atoms with Gasteiger partial charge in [-0.05, 0) is 55.5 Å². The zero-order valence-corrected chi connectivity index (χ0v) is 25.4.